The number of hydrogen-bond donors (Lipinski definition) is 1. The molecule has 1 aliphatic heterocycles. The maximum Gasteiger partial charge on any atom is 0.267 e. The van der Waals surface area contributed by atoms with Crippen LogP contribution in [0.3, 0.4) is 0 Å². The standard InChI is InChI=1S/C14H11ClN2O4S2/c1-17-14(19)11(12-10(6-7-22-12)23(17,20)21)13(18)16-9-4-2-8(15)3-5-9/h2-7,11H,1H3,(H,16,18). The molecule has 0 saturated carbocycles. The van der Waals surface area contributed by atoms with Crippen LogP contribution in [-0.2, 0) is 19.6 Å². The van der Waals surface area contributed by atoms with Gasteiger partial charge in [0.25, 0.3) is 15.9 Å². The molecule has 0 saturated heterocycles. The van der Waals surface area contributed by atoms with E-state index in [2.05, 4.69) is 5.32 Å². The third kappa shape index (κ3) is 2.62. The van der Waals surface area contributed by atoms with Crippen molar-refractivity contribution in [2.24, 2.45) is 0 Å². The maximum atomic E-state index is 12.5. The topological polar surface area (TPSA) is 83.6 Å². The number of amides is 2. The molecule has 1 aliphatic rings. The Kier molecular flexibility index (Phi) is 3.91. The summed E-state index contributed by atoms with van der Waals surface area (Å²) in [6, 6.07) is 7.81. The number of benzene rings is 1. The molecule has 2 amide bonds. The molecule has 9 heteroatoms. The molecule has 3 rings (SSSR count). The number of thiophene rings is 1. The number of halogens is 1. The van der Waals surface area contributed by atoms with Crippen LogP contribution in [0.5, 0.6) is 0 Å². The zero-order chi connectivity index (χ0) is 16.8. The quantitative estimate of drug-likeness (QED) is 0.822. The normalized spacial score (nSPS) is 19.3. The number of hydrogen-bond acceptors (Lipinski definition) is 5. The van der Waals surface area contributed by atoms with Gasteiger partial charge in [0.15, 0.2) is 5.92 Å². The van der Waals surface area contributed by atoms with E-state index >= 15 is 0 Å². The summed E-state index contributed by atoms with van der Waals surface area (Å²) < 4.78 is 25.0. The van der Waals surface area contributed by atoms with E-state index in [1.165, 1.54) is 6.07 Å². The van der Waals surface area contributed by atoms with E-state index in [4.69, 9.17) is 11.6 Å². The van der Waals surface area contributed by atoms with Crippen LogP contribution in [0.15, 0.2) is 40.6 Å². The van der Waals surface area contributed by atoms with Crippen LogP contribution in [0.25, 0.3) is 0 Å². The predicted octanol–water partition coefficient (Wildman–Crippen LogP) is 2.28. The van der Waals surface area contributed by atoms with Crippen molar-refractivity contribution in [1.82, 2.24) is 4.31 Å². The van der Waals surface area contributed by atoms with Crippen molar-refractivity contribution < 1.29 is 18.0 Å². The van der Waals surface area contributed by atoms with Crippen molar-refractivity contribution >= 4 is 50.5 Å². The first-order valence-corrected chi connectivity index (χ1v) is 9.18. The number of nitrogens with one attached hydrogen (secondary N) is 1. The van der Waals surface area contributed by atoms with E-state index in [9.17, 15) is 18.0 Å². The molecule has 23 heavy (non-hydrogen) atoms. The summed E-state index contributed by atoms with van der Waals surface area (Å²) in [5.41, 5.74) is 0.474. The molecule has 1 unspecified atom stereocenters. The van der Waals surface area contributed by atoms with Crippen molar-refractivity contribution in [3.8, 4) is 0 Å². The molecule has 2 aromatic rings. The van der Waals surface area contributed by atoms with Crippen molar-refractivity contribution in [2.75, 3.05) is 12.4 Å². The highest BCUT2D eigenvalue weighted by Gasteiger charge is 2.45. The van der Waals surface area contributed by atoms with Gasteiger partial charge in [-0.15, -0.1) is 11.3 Å². The van der Waals surface area contributed by atoms with Gasteiger partial charge in [-0.3, -0.25) is 9.59 Å². The fourth-order valence-electron chi connectivity index (χ4n) is 2.27. The molecule has 0 spiro atoms. The summed E-state index contributed by atoms with van der Waals surface area (Å²) in [5.74, 6) is -2.54. The lowest BCUT2D eigenvalue weighted by Gasteiger charge is -2.28. The lowest BCUT2D eigenvalue weighted by atomic mass is 10.1. The minimum Gasteiger partial charge on any atom is -0.325 e. The lowest BCUT2D eigenvalue weighted by Crippen LogP contribution is -2.45. The molecule has 1 atom stereocenters. The Balaban J connectivity index is 1.97. The number of rotatable bonds is 2. The van der Waals surface area contributed by atoms with Crippen LogP contribution in [0.2, 0.25) is 5.02 Å². The van der Waals surface area contributed by atoms with E-state index < -0.39 is 27.8 Å². The Morgan fingerprint density at radius 1 is 1.26 bits per heavy atom. The van der Waals surface area contributed by atoms with Gasteiger partial charge in [0, 0.05) is 22.6 Å². The Morgan fingerprint density at radius 2 is 1.91 bits per heavy atom. The third-order valence-corrected chi connectivity index (χ3v) is 6.66. The van der Waals surface area contributed by atoms with E-state index in [0.29, 0.717) is 15.0 Å². The van der Waals surface area contributed by atoms with Gasteiger partial charge in [0.05, 0.1) is 0 Å². The highest BCUT2D eigenvalue weighted by atomic mass is 35.5. The van der Waals surface area contributed by atoms with Crippen LogP contribution >= 0.6 is 22.9 Å². The molecule has 0 bridgehead atoms. The summed E-state index contributed by atoms with van der Waals surface area (Å²) >= 11 is 6.86. The second-order valence-corrected chi connectivity index (χ2v) is 8.21. The Morgan fingerprint density at radius 3 is 2.57 bits per heavy atom. The van der Waals surface area contributed by atoms with Gasteiger partial charge in [0.1, 0.15) is 4.90 Å². The minimum atomic E-state index is -3.87. The maximum absolute atomic E-state index is 12.5. The van der Waals surface area contributed by atoms with Crippen LogP contribution in [0.1, 0.15) is 10.8 Å². The van der Waals surface area contributed by atoms with Crippen LogP contribution in [0, 0.1) is 0 Å². The molecule has 120 valence electrons. The molecular formula is C14H11ClN2O4S2. The van der Waals surface area contributed by atoms with Gasteiger partial charge < -0.3 is 5.32 Å². The third-order valence-electron chi connectivity index (χ3n) is 3.49. The smallest absolute Gasteiger partial charge is 0.267 e. The first kappa shape index (κ1) is 16.0. The Hall–Kier alpha value is -1.90. The first-order chi connectivity index (χ1) is 10.8. The fourth-order valence-corrected chi connectivity index (χ4v) is 5.07. The van der Waals surface area contributed by atoms with Crippen molar-refractivity contribution in [1.29, 1.82) is 0 Å². The van der Waals surface area contributed by atoms with E-state index in [1.807, 2.05) is 0 Å². The van der Waals surface area contributed by atoms with Crippen molar-refractivity contribution in [2.45, 2.75) is 10.8 Å². The van der Waals surface area contributed by atoms with Gasteiger partial charge in [-0.05, 0) is 35.7 Å². The molecule has 1 aromatic carbocycles. The number of likely N-dealkylation sites (N-methyl/N-ethyl adjacent to an activating group) is 1. The SMILES string of the molecule is CN1C(=O)C(C(=O)Nc2ccc(Cl)cc2)c2sccc2S1(=O)=O. The summed E-state index contributed by atoms with van der Waals surface area (Å²) in [7, 11) is -2.72. The van der Waals surface area contributed by atoms with Gasteiger partial charge >= 0.3 is 0 Å². The average Bonchev–Trinajstić information content (AvgIpc) is 2.98. The number of nitrogens with zero attached hydrogens (tertiary/aromatic N) is 1. The molecule has 0 fully saturated rings. The highest BCUT2D eigenvalue weighted by molar-refractivity contribution is 7.90. The van der Waals surface area contributed by atoms with E-state index in [-0.39, 0.29) is 9.77 Å². The number of sulfonamides is 1. The zero-order valence-electron chi connectivity index (χ0n) is 11.8. The molecule has 2 heterocycles. The number of carbonyl (C=O) groups excluding carboxylic acids is 2. The molecule has 0 aliphatic carbocycles. The first-order valence-electron chi connectivity index (χ1n) is 6.49. The highest BCUT2D eigenvalue weighted by Crippen LogP contribution is 2.38. The summed E-state index contributed by atoms with van der Waals surface area (Å²) in [5, 5.41) is 4.68. The Labute approximate surface area is 141 Å². The summed E-state index contributed by atoms with van der Waals surface area (Å²) in [4.78, 5) is 25.1. The summed E-state index contributed by atoms with van der Waals surface area (Å²) in [6.45, 7) is 0. The van der Waals surface area contributed by atoms with Crippen LogP contribution < -0.4 is 5.32 Å². The number of carbonyl (C=O) groups is 2. The van der Waals surface area contributed by atoms with E-state index in [1.54, 1.807) is 29.6 Å². The average molecular weight is 371 g/mol. The van der Waals surface area contributed by atoms with Crippen LogP contribution in [-0.4, -0.2) is 31.6 Å². The minimum absolute atomic E-state index is 0.000793. The monoisotopic (exact) mass is 370 g/mol. The number of anilines is 1. The van der Waals surface area contributed by atoms with Gasteiger partial charge in [-0.2, -0.15) is 0 Å². The van der Waals surface area contributed by atoms with Gasteiger partial charge in [0.2, 0.25) is 5.91 Å². The molecular weight excluding hydrogens is 360 g/mol. The molecule has 1 aromatic heterocycles. The fraction of sp³-hybridized carbons (Fsp3) is 0.143. The second kappa shape index (κ2) is 5.63. The predicted molar refractivity (Wildman–Crippen MR) is 87.1 cm³/mol. The molecule has 0 radical (unpaired) electrons. The van der Waals surface area contributed by atoms with Gasteiger partial charge in [-0.1, -0.05) is 11.6 Å². The van der Waals surface area contributed by atoms with Crippen molar-refractivity contribution in [3.05, 3.63) is 45.6 Å². The summed E-state index contributed by atoms with van der Waals surface area (Å²) in [6.07, 6.45) is 0. The number of fused-ring (bicyclic) bond motifs is 1. The van der Waals surface area contributed by atoms with Crippen molar-refractivity contribution in [3.63, 3.8) is 0 Å². The Bertz CT molecular complexity index is 890. The molecule has 1 N–H and O–H groups in total. The molecule has 6 nitrogen and oxygen atoms in total. The lowest BCUT2D eigenvalue weighted by molar-refractivity contribution is -0.132. The van der Waals surface area contributed by atoms with Gasteiger partial charge in [-0.25, -0.2) is 12.7 Å². The second-order valence-electron chi connectivity index (χ2n) is 4.89. The van der Waals surface area contributed by atoms with E-state index in [0.717, 1.165) is 18.4 Å². The van der Waals surface area contributed by atoms with Crippen LogP contribution in [0.4, 0.5) is 5.69 Å². The largest absolute Gasteiger partial charge is 0.325 e. The zero-order valence-corrected chi connectivity index (χ0v) is 14.2.